The molecule has 23 heavy (non-hydrogen) atoms. The van der Waals surface area contributed by atoms with E-state index in [0.717, 1.165) is 5.69 Å². The monoisotopic (exact) mass is 339 g/mol. The molecule has 0 aromatic carbocycles. The van der Waals surface area contributed by atoms with E-state index < -0.39 is 5.97 Å². The van der Waals surface area contributed by atoms with Crippen molar-refractivity contribution in [2.24, 2.45) is 0 Å². The first-order valence-electron chi connectivity index (χ1n) is 7.13. The molecule has 0 aliphatic rings. The molecule has 0 unspecified atom stereocenters. The van der Waals surface area contributed by atoms with Gasteiger partial charge in [-0.1, -0.05) is 11.6 Å². The van der Waals surface area contributed by atoms with E-state index in [4.69, 9.17) is 16.7 Å². The molecule has 0 radical (unpaired) electrons. The number of aromatic carboxylic acids is 1. The summed E-state index contributed by atoms with van der Waals surface area (Å²) in [7, 11) is 1.67. The van der Waals surface area contributed by atoms with Crippen molar-refractivity contribution < 1.29 is 14.7 Å². The molecule has 9 heteroatoms. The molecule has 2 aromatic heterocycles. The van der Waals surface area contributed by atoms with Crippen LogP contribution in [0.4, 0.5) is 0 Å². The number of rotatable bonds is 7. The van der Waals surface area contributed by atoms with Crippen LogP contribution in [0.15, 0.2) is 18.5 Å². The van der Waals surface area contributed by atoms with Crippen LogP contribution in [-0.4, -0.2) is 48.5 Å². The maximum Gasteiger partial charge on any atom is 0.354 e. The lowest BCUT2D eigenvalue weighted by Crippen LogP contribution is -2.28. The van der Waals surface area contributed by atoms with E-state index >= 15 is 0 Å². The third-order valence-corrected chi connectivity index (χ3v) is 3.80. The Kier molecular flexibility index (Phi) is 5.38. The molecule has 0 aliphatic heterocycles. The summed E-state index contributed by atoms with van der Waals surface area (Å²) in [5.74, 6) is -1.20. The van der Waals surface area contributed by atoms with Gasteiger partial charge in [0.1, 0.15) is 5.69 Å². The van der Waals surface area contributed by atoms with Crippen LogP contribution in [0, 0.1) is 0 Å². The fourth-order valence-corrected chi connectivity index (χ4v) is 2.42. The van der Waals surface area contributed by atoms with Gasteiger partial charge in [0.25, 0.3) is 0 Å². The van der Waals surface area contributed by atoms with Crippen molar-refractivity contribution in [3.8, 4) is 0 Å². The average Bonchev–Trinajstić information content (AvgIpc) is 3.12. The second-order valence-corrected chi connectivity index (χ2v) is 5.41. The van der Waals surface area contributed by atoms with Crippen molar-refractivity contribution in [1.82, 2.24) is 24.5 Å². The Labute approximate surface area is 138 Å². The highest BCUT2D eigenvalue weighted by Crippen LogP contribution is 2.17. The predicted molar refractivity (Wildman–Crippen MR) is 83.2 cm³/mol. The van der Waals surface area contributed by atoms with Gasteiger partial charge in [-0.05, 0) is 13.0 Å². The van der Waals surface area contributed by atoms with E-state index in [9.17, 15) is 9.59 Å². The predicted octanol–water partition coefficient (Wildman–Crippen LogP) is 1.50. The third-order valence-electron chi connectivity index (χ3n) is 3.48. The molecule has 0 spiro atoms. The minimum absolute atomic E-state index is 0.0626. The van der Waals surface area contributed by atoms with Gasteiger partial charge >= 0.3 is 5.97 Å². The van der Waals surface area contributed by atoms with Gasteiger partial charge in [-0.2, -0.15) is 10.2 Å². The number of carboxylic acid groups (broad SMARTS) is 1. The summed E-state index contributed by atoms with van der Waals surface area (Å²) in [5.41, 5.74) is 0.836. The van der Waals surface area contributed by atoms with E-state index in [1.165, 1.54) is 16.9 Å². The zero-order chi connectivity index (χ0) is 17.0. The molecule has 1 N–H and O–H groups in total. The number of carboxylic acids is 1. The Hall–Kier alpha value is -2.35. The van der Waals surface area contributed by atoms with Crippen LogP contribution in [0.25, 0.3) is 0 Å². The Balaban J connectivity index is 1.96. The van der Waals surface area contributed by atoms with Crippen LogP contribution >= 0.6 is 11.6 Å². The van der Waals surface area contributed by atoms with Gasteiger partial charge in [0.05, 0.1) is 30.0 Å². The molecule has 0 bridgehead atoms. The fraction of sp³-hybridized carbons (Fsp3) is 0.429. The Morgan fingerprint density at radius 1 is 1.35 bits per heavy atom. The van der Waals surface area contributed by atoms with E-state index in [2.05, 4.69) is 10.2 Å². The standard InChI is InChI=1S/C14H18ClN5O3/c1-3-19-12(10(15)8-17-19)9-18(2)13(21)5-7-20-11(14(22)23)4-6-16-20/h4,6,8H,3,5,7,9H2,1-2H3,(H,22,23). The minimum atomic E-state index is -1.07. The Bertz CT molecular complexity index is 709. The van der Waals surface area contributed by atoms with E-state index in [1.54, 1.807) is 22.8 Å². The fourth-order valence-electron chi connectivity index (χ4n) is 2.22. The van der Waals surface area contributed by atoms with E-state index in [-0.39, 0.29) is 24.6 Å². The van der Waals surface area contributed by atoms with Crippen molar-refractivity contribution in [1.29, 1.82) is 0 Å². The number of aryl methyl sites for hydroxylation is 2. The van der Waals surface area contributed by atoms with Gasteiger partial charge in [0.2, 0.25) is 5.91 Å². The van der Waals surface area contributed by atoms with Crippen LogP contribution in [0.5, 0.6) is 0 Å². The van der Waals surface area contributed by atoms with Gasteiger partial charge in [-0.15, -0.1) is 0 Å². The second-order valence-electron chi connectivity index (χ2n) is 5.00. The molecule has 0 saturated carbocycles. The quantitative estimate of drug-likeness (QED) is 0.825. The highest BCUT2D eigenvalue weighted by Gasteiger charge is 2.16. The SMILES string of the molecule is CCn1ncc(Cl)c1CN(C)C(=O)CCn1nccc1C(=O)O. The molecule has 0 aliphatic carbocycles. The number of halogens is 1. The number of nitrogens with zero attached hydrogens (tertiary/aromatic N) is 5. The first-order chi connectivity index (χ1) is 10.9. The van der Waals surface area contributed by atoms with Crippen LogP contribution in [0.2, 0.25) is 5.02 Å². The maximum atomic E-state index is 12.2. The number of carbonyl (C=O) groups is 2. The van der Waals surface area contributed by atoms with Crippen LogP contribution < -0.4 is 0 Å². The molecule has 8 nitrogen and oxygen atoms in total. The molecule has 2 rings (SSSR count). The van der Waals surface area contributed by atoms with Crippen LogP contribution in [0.1, 0.15) is 29.5 Å². The van der Waals surface area contributed by atoms with Crippen molar-refractivity contribution in [3.05, 3.63) is 34.9 Å². The lowest BCUT2D eigenvalue weighted by molar-refractivity contribution is -0.130. The van der Waals surface area contributed by atoms with Gasteiger partial charge in [0.15, 0.2) is 0 Å². The summed E-state index contributed by atoms with van der Waals surface area (Å²) in [6.45, 7) is 3.16. The molecule has 2 heterocycles. The Morgan fingerprint density at radius 3 is 2.74 bits per heavy atom. The highest BCUT2D eigenvalue weighted by molar-refractivity contribution is 6.31. The minimum Gasteiger partial charge on any atom is -0.477 e. The molecule has 0 fully saturated rings. The summed E-state index contributed by atoms with van der Waals surface area (Å²) >= 11 is 6.09. The highest BCUT2D eigenvalue weighted by atomic mass is 35.5. The molecular weight excluding hydrogens is 322 g/mol. The van der Waals surface area contributed by atoms with Gasteiger partial charge in [-0.3, -0.25) is 14.2 Å². The van der Waals surface area contributed by atoms with Crippen molar-refractivity contribution in [2.45, 2.75) is 33.0 Å². The Morgan fingerprint density at radius 2 is 2.09 bits per heavy atom. The number of carbonyl (C=O) groups excluding carboxylic acids is 1. The maximum absolute atomic E-state index is 12.2. The summed E-state index contributed by atoms with van der Waals surface area (Å²) in [6, 6.07) is 1.40. The summed E-state index contributed by atoms with van der Waals surface area (Å²) < 4.78 is 3.04. The van der Waals surface area contributed by atoms with Gasteiger partial charge in [-0.25, -0.2) is 4.79 Å². The smallest absolute Gasteiger partial charge is 0.354 e. The first kappa shape index (κ1) is 17.0. The molecule has 0 atom stereocenters. The normalized spacial score (nSPS) is 10.7. The van der Waals surface area contributed by atoms with Gasteiger partial charge < -0.3 is 10.0 Å². The zero-order valence-corrected chi connectivity index (χ0v) is 13.7. The molecule has 2 aromatic rings. The number of aromatic nitrogens is 4. The van der Waals surface area contributed by atoms with E-state index in [0.29, 0.717) is 18.1 Å². The largest absolute Gasteiger partial charge is 0.477 e. The molecule has 1 amide bonds. The summed E-state index contributed by atoms with van der Waals surface area (Å²) in [6.07, 6.45) is 3.11. The second kappa shape index (κ2) is 7.28. The van der Waals surface area contributed by atoms with Crippen molar-refractivity contribution in [2.75, 3.05) is 7.05 Å². The van der Waals surface area contributed by atoms with Gasteiger partial charge in [0, 0.05) is 26.2 Å². The number of hydrogen-bond donors (Lipinski definition) is 1. The first-order valence-corrected chi connectivity index (χ1v) is 7.51. The molecular formula is C14H18ClN5O3. The van der Waals surface area contributed by atoms with Crippen molar-refractivity contribution in [3.63, 3.8) is 0 Å². The van der Waals surface area contributed by atoms with Crippen LogP contribution in [0.3, 0.4) is 0 Å². The molecule has 124 valence electrons. The topological polar surface area (TPSA) is 93.3 Å². The average molecular weight is 340 g/mol. The summed E-state index contributed by atoms with van der Waals surface area (Å²) in [5, 5.41) is 17.6. The zero-order valence-electron chi connectivity index (χ0n) is 12.9. The van der Waals surface area contributed by atoms with E-state index in [1.807, 2.05) is 6.92 Å². The summed E-state index contributed by atoms with van der Waals surface area (Å²) in [4.78, 5) is 24.8. The van der Waals surface area contributed by atoms with Crippen molar-refractivity contribution >= 4 is 23.5 Å². The third kappa shape index (κ3) is 3.89. The lowest BCUT2D eigenvalue weighted by Gasteiger charge is -2.18. The van der Waals surface area contributed by atoms with Crippen LogP contribution in [-0.2, 0) is 24.4 Å². The molecule has 0 saturated heterocycles. The number of amides is 1. The lowest BCUT2D eigenvalue weighted by atomic mass is 10.3. The number of hydrogen-bond acceptors (Lipinski definition) is 4.